The maximum absolute atomic E-state index is 13.7. The van der Waals surface area contributed by atoms with E-state index < -0.39 is 11.6 Å². The summed E-state index contributed by atoms with van der Waals surface area (Å²) in [6, 6.07) is 4.40. The molecule has 20 heavy (non-hydrogen) atoms. The minimum atomic E-state index is -0.768. The first-order valence-electron chi connectivity index (χ1n) is 7.12. The van der Waals surface area contributed by atoms with Crippen molar-refractivity contribution in [2.24, 2.45) is 5.92 Å². The minimum Gasteiger partial charge on any atom is -0.469 e. The maximum Gasteiger partial charge on any atom is 0.305 e. The quantitative estimate of drug-likeness (QED) is 0.774. The van der Waals surface area contributed by atoms with E-state index in [4.69, 9.17) is 0 Å². The zero-order chi connectivity index (χ0) is 14.5. The lowest BCUT2D eigenvalue weighted by molar-refractivity contribution is -0.141. The van der Waals surface area contributed by atoms with Crippen LogP contribution in [0.2, 0.25) is 0 Å². The molecule has 1 aromatic rings. The molecule has 0 radical (unpaired) electrons. The molecule has 0 bridgehead atoms. The summed E-state index contributed by atoms with van der Waals surface area (Å²) in [6.45, 7) is 0. The van der Waals surface area contributed by atoms with Gasteiger partial charge in [0, 0.05) is 6.42 Å². The Bertz CT molecular complexity index is 466. The van der Waals surface area contributed by atoms with Crippen molar-refractivity contribution in [1.82, 2.24) is 0 Å². The van der Waals surface area contributed by atoms with E-state index in [-0.39, 0.29) is 11.9 Å². The van der Waals surface area contributed by atoms with Crippen molar-refractivity contribution in [2.45, 2.75) is 44.4 Å². The van der Waals surface area contributed by atoms with Gasteiger partial charge in [-0.3, -0.25) is 4.79 Å². The van der Waals surface area contributed by atoms with E-state index in [1.165, 1.54) is 7.11 Å². The third-order valence-corrected chi connectivity index (χ3v) is 4.25. The predicted molar refractivity (Wildman–Crippen MR) is 72.3 cm³/mol. The molecular formula is C16H20F2O2. The van der Waals surface area contributed by atoms with E-state index >= 15 is 0 Å². The monoisotopic (exact) mass is 282 g/mol. The molecule has 1 aromatic carbocycles. The van der Waals surface area contributed by atoms with Gasteiger partial charge < -0.3 is 4.74 Å². The number of hydrogen-bond donors (Lipinski definition) is 0. The lowest BCUT2D eigenvalue weighted by Gasteiger charge is -2.28. The van der Waals surface area contributed by atoms with Gasteiger partial charge in [0.25, 0.3) is 0 Å². The molecule has 2 nitrogen and oxygen atoms in total. The molecule has 110 valence electrons. The molecular weight excluding hydrogens is 262 g/mol. The van der Waals surface area contributed by atoms with Gasteiger partial charge in [0.1, 0.15) is 0 Å². The summed E-state index contributed by atoms with van der Waals surface area (Å²) in [5.74, 6) is -1.06. The molecule has 0 aromatic heterocycles. The van der Waals surface area contributed by atoms with E-state index in [9.17, 15) is 13.6 Å². The number of carbonyl (C=O) groups is 1. The van der Waals surface area contributed by atoms with Crippen LogP contribution in [0, 0.1) is 17.6 Å². The van der Waals surface area contributed by atoms with Gasteiger partial charge in [0.2, 0.25) is 0 Å². The van der Waals surface area contributed by atoms with Gasteiger partial charge in [-0.2, -0.15) is 0 Å². The normalized spacial score (nSPS) is 22.6. The Labute approximate surface area is 118 Å². The van der Waals surface area contributed by atoms with Crippen LogP contribution >= 0.6 is 0 Å². The Morgan fingerprint density at radius 1 is 1.25 bits per heavy atom. The summed E-state index contributed by atoms with van der Waals surface area (Å²) in [7, 11) is 1.39. The van der Waals surface area contributed by atoms with Gasteiger partial charge in [-0.25, -0.2) is 8.78 Å². The predicted octanol–water partition coefficient (Wildman–Crippen LogP) is 4.19. The van der Waals surface area contributed by atoms with Gasteiger partial charge in [0.15, 0.2) is 11.6 Å². The number of carbonyl (C=O) groups excluding carboxylic acids is 1. The van der Waals surface area contributed by atoms with Crippen molar-refractivity contribution < 1.29 is 18.3 Å². The van der Waals surface area contributed by atoms with Crippen LogP contribution in [0.15, 0.2) is 18.2 Å². The second-order valence-corrected chi connectivity index (χ2v) is 5.48. The van der Waals surface area contributed by atoms with Crippen LogP contribution in [0.1, 0.15) is 50.0 Å². The summed E-state index contributed by atoms with van der Waals surface area (Å²) in [5, 5.41) is 0. The molecule has 4 heteroatoms. The van der Waals surface area contributed by atoms with Crippen LogP contribution in [-0.4, -0.2) is 13.1 Å². The Morgan fingerprint density at radius 3 is 2.60 bits per heavy atom. The molecule has 0 heterocycles. The zero-order valence-corrected chi connectivity index (χ0v) is 11.7. The zero-order valence-electron chi connectivity index (χ0n) is 11.7. The Hall–Kier alpha value is -1.45. The molecule has 0 atom stereocenters. The van der Waals surface area contributed by atoms with E-state index in [1.807, 2.05) is 0 Å². The van der Waals surface area contributed by atoms with Gasteiger partial charge in [-0.15, -0.1) is 0 Å². The molecule has 1 aliphatic carbocycles. The largest absolute Gasteiger partial charge is 0.469 e. The first-order chi connectivity index (χ1) is 9.61. The second kappa shape index (κ2) is 6.82. The van der Waals surface area contributed by atoms with Gasteiger partial charge in [-0.1, -0.05) is 12.1 Å². The fourth-order valence-electron chi connectivity index (χ4n) is 3.02. The number of rotatable bonds is 4. The number of halogens is 2. The molecule has 1 aliphatic rings. The van der Waals surface area contributed by atoms with Crippen LogP contribution < -0.4 is 0 Å². The molecule has 0 aliphatic heterocycles. The summed E-state index contributed by atoms with van der Waals surface area (Å²) in [4.78, 5) is 11.1. The molecule has 0 unspecified atom stereocenters. The molecule has 0 N–H and O–H groups in total. The summed E-state index contributed by atoms with van der Waals surface area (Å²) in [5.41, 5.74) is 0.497. The Balaban J connectivity index is 1.88. The molecule has 0 amide bonds. The third kappa shape index (κ3) is 3.56. The fraction of sp³-hybridized carbons (Fsp3) is 0.562. The molecule has 2 rings (SSSR count). The van der Waals surface area contributed by atoms with Crippen LogP contribution in [0.4, 0.5) is 8.78 Å². The summed E-state index contributed by atoms with van der Waals surface area (Å²) < 4.78 is 31.6. The molecule has 1 fully saturated rings. The smallest absolute Gasteiger partial charge is 0.305 e. The van der Waals surface area contributed by atoms with E-state index in [1.54, 1.807) is 12.1 Å². The van der Waals surface area contributed by atoms with Crippen LogP contribution in [0.3, 0.4) is 0 Å². The first kappa shape index (κ1) is 14.9. The Morgan fingerprint density at radius 2 is 1.95 bits per heavy atom. The highest BCUT2D eigenvalue weighted by Gasteiger charge is 2.25. The number of benzene rings is 1. The van der Waals surface area contributed by atoms with Gasteiger partial charge >= 0.3 is 5.97 Å². The number of ether oxygens (including phenoxy) is 1. The topological polar surface area (TPSA) is 26.3 Å². The summed E-state index contributed by atoms with van der Waals surface area (Å²) >= 11 is 0. The molecule has 0 saturated heterocycles. The van der Waals surface area contributed by atoms with E-state index in [0.717, 1.165) is 38.2 Å². The lowest BCUT2D eigenvalue weighted by atomic mass is 9.77. The SMILES string of the molecule is COC(=O)CC[C@H]1CC[C@H](c2cccc(F)c2F)CC1. The summed E-state index contributed by atoms with van der Waals surface area (Å²) in [6.07, 6.45) is 4.89. The van der Waals surface area contributed by atoms with E-state index in [2.05, 4.69) is 4.74 Å². The van der Waals surface area contributed by atoms with Crippen LogP contribution in [-0.2, 0) is 9.53 Å². The standard InChI is InChI=1S/C16H20F2O2/c1-20-15(19)10-7-11-5-8-12(9-6-11)13-3-2-4-14(17)16(13)18/h2-4,11-12H,5-10H2,1H3/t11-,12-. The Kier molecular flexibility index (Phi) is 5.10. The van der Waals surface area contributed by atoms with Crippen molar-refractivity contribution in [3.63, 3.8) is 0 Å². The van der Waals surface area contributed by atoms with Crippen molar-refractivity contribution in [2.75, 3.05) is 7.11 Å². The lowest BCUT2D eigenvalue weighted by Crippen LogP contribution is -2.16. The minimum absolute atomic E-state index is 0.0973. The maximum atomic E-state index is 13.7. The number of esters is 1. The number of methoxy groups -OCH3 is 1. The average molecular weight is 282 g/mol. The highest BCUT2D eigenvalue weighted by molar-refractivity contribution is 5.69. The van der Waals surface area contributed by atoms with Crippen LogP contribution in [0.5, 0.6) is 0 Å². The average Bonchev–Trinajstić information content (AvgIpc) is 2.48. The first-order valence-corrected chi connectivity index (χ1v) is 7.12. The van der Waals surface area contributed by atoms with Crippen molar-refractivity contribution in [3.05, 3.63) is 35.4 Å². The van der Waals surface area contributed by atoms with Crippen LogP contribution in [0.25, 0.3) is 0 Å². The number of hydrogen-bond acceptors (Lipinski definition) is 2. The van der Waals surface area contributed by atoms with Crippen molar-refractivity contribution >= 4 is 5.97 Å². The van der Waals surface area contributed by atoms with E-state index in [0.29, 0.717) is 17.9 Å². The third-order valence-electron chi connectivity index (χ3n) is 4.25. The highest BCUT2D eigenvalue weighted by Crippen LogP contribution is 2.38. The van der Waals surface area contributed by atoms with Crippen molar-refractivity contribution in [3.8, 4) is 0 Å². The fourth-order valence-corrected chi connectivity index (χ4v) is 3.02. The molecule has 0 spiro atoms. The molecule has 1 saturated carbocycles. The van der Waals surface area contributed by atoms with Crippen molar-refractivity contribution in [1.29, 1.82) is 0 Å². The second-order valence-electron chi connectivity index (χ2n) is 5.48. The van der Waals surface area contributed by atoms with Gasteiger partial charge in [-0.05, 0) is 55.6 Å². The highest BCUT2D eigenvalue weighted by atomic mass is 19.2. The van der Waals surface area contributed by atoms with Gasteiger partial charge in [0.05, 0.1) is 7.11 Å².